The van der Waals surface area contributed by atoms with Gasteiger partial charge in [-0.2, -0.15) is 13.2 Å². The zero-order chi connectivity index (χ0) is 20.7. The molecule has 2 aliphatic rings. The van der Waals surface area contributed by atoms with Crippen LogP contribution >= 0.6 is 0 Å². The van der Waals surface area contributed by atoms with Crippen molar-refractivity contribution in [2.75, 3.05) is 19.8 Å². The SMILES string of the molecule is CCO[C@H]1CC[C@H]2[C@H]1OCCN2C(=O)Cc1ccccn1.O=C(O)C(F)(F)F. The van der Waals surface area contributed by atoms with Crippen LogP contribution in [0.2, 0.25) is 0 Å². The summed E-state index contributed by atoms with van der Waals surface area (Å²) in [4.78, 5) is 27.7. The maximum absolute atomic E-state index is 12.6. The van der Waals surface area contributed by atoms with Gasteiger partial charge in [0, 0.05) is 25.0 Å². The van der Waals surface area contributed by atoms with Crippen LogP contribution in [-0.2, 0) is 25.5 Å². The van der Waals surface area contributed by atoms with Crippen molar-refractivity contribution in [1.29, 1.82) is 0 Å². The smallest absolute Gasteiger partial charge is 0.475 e. The summed E-state index contributed by atoms with van der Waals surface area (Å²) in [6.45, 7) is 3.96. The molecular formula is C18H23F3N2O5. The fourth-order valence-electron chi connectivity index (χ4n) is 3.38. The van der Waals surface area contributed by atoms with Crippen molar-refractivity contribution in [3.05, 3.63) is 30.1 Å². The van der Waals surface area contributed by atoms with Crippen molar-refractivity contribution in [3.8, 4) is 0 Å². The maximum Gasteiger partial charge on any atom is 0.490 e. The van der Waals surface area contributed by atoms with E-state index in [1.165, 1.54) is 0 Å². The van der Waals surface area contributed by atoms with E-state index in [0.717, 1.165) is 18.5 Å². The third-order valence-electron chi connectivity index (χ3n) is 4.54. The van der Waals surface area contributed by atoms with Gasteiger partial charge in [-0.15, -0.1) is 0 Å². The molecule has 2 fully saturated rings. The van der Waals surface area contributed by atoms with Crippen LogP contribution in [0.1, 0.15) is 25.5 Å². The average molecular weight is 404 g/mol. The number of carboxylic acids is 1. The Bertz CT molecular complexity index is 656. The quantitative estimate of drug-likeness (QED) is 0.826. The number of aliphatic carboxylic acids is 1. The lowest BCUT2D eigenvalue weighted by Gasteiger charge is -2.39. The standard InChI is InChI=1S/C16H22N2O3.C2HF3O2/c1-2-20-14-7-6-13-16(14)21-10-9-18(13)15(19)11-12-5-3-4-8-17-12;3-2(4,5)1(6)7/h3-5,8,13-14,16H,2,6-7,9-11H2,1H3;(H,6,7)/t13-,14-,16+;/m0./s1. The van der Waals surface area contributed by atoms with Crippen LogP contribution < -0.4 is 0 Å². The molecule has 1 saturated carbocycles. The summed E-state index contributed by atoms with van der Waals surface area (Å²) >= 11 is 0. The summed E-state index contributed by atoms with van der Waals surface area (Å²) in [5.74, 6) is -2.61. The maximum atomic E-state index is 12.6. The molecule has 7 nitrogen and oxygen atoms in total. The first-order valence-corrected chi connectivity index (χ1v) is 8.96. The molecular weight excluding hydrogens is 381 g/mol. The number of ether oxygens (including phenoxy) is 2. The van der Waals surface area contributed by atoms with Crippen LogP contribution in [0.25, 0.3) is 0 Å². The minimum Gasteiger partial charge on any atom is -0.475 e. The van der Waals surface area contributed by atoms with Gasteiger partial charge in [0.1, 0.15) is 6.10 Å². The molecule has 2 heterocycles. The average Bonchev–Trinajstić information content (AvgIpc) is 3.06. The van der Waals surface area contributed by atoms with Gasteiger partial charge in [0.2, 0.25) is 5.91 Å². The van der Waals surface area contributed by atoms with Crippen LogP contribution in [0.15, 0.2) is 24.4 Å². The second-order valence-electron chi connectivity index (χ2n) is 6.36. The highest BCUT2D eigenvalue weighted by molar-refractivity contribution is 5.79. The summed E-state index contributed by atoms with van der Waals surface area (Å²) in [7, 11) is 0. The Hall–Kier alpha value is -2.20. The van der Waals surface area contributed by atoms with Crippen molar-refractivity contribution >= 4 is 11.9 Å². The fourth-order valence-corrected chi connectivity index (χ4v) is 3.38. The summed E-state index contributed by atoms with van der Waals surface area (Å²) in [5.41, 5.74) is 0.824. The van der Waals surface area contributed by atoms with E-state index in [0.29, 0.717) is 26.2 Å². The number of alkyl halides is 3. The molecule has 3 rings (SSSR count). The molecule has 28 heavy (non-hydrogen) atoms. The van der Waals surface area contributed by atoms with Gasteiger partial charge in [0.05, 0.1) is 25.2 Å². The lowest BCUT2D eigenvalue weighted by Crippen LogP contribution is -2.54. The number of carbonyl (C=O) groups is 2. The number of carbonyl (C=O) groups excluding carboxylic acids is 1. The molecule has 0 radical (unpaired) electrons. The Morgan fingerprint density at radius 3 is 2.64 bits per heavy atom. The zero-order valence-corrected chi connectivity index (χ0v) is 15.4. The van der Waals surface area contributed by atoms with E-state index in [9.17, 15) is 18.0 Å². The molecule has 0 spiro atoms. The Labute approximate surface area is 160 Å². The first kappa shape index (κ1) is 22.1. The van der Waals surface area contributed by atoms with E-state index in [1.54, 1.807) is 6.20 Å². The second-order valence-corrected chi connectivity index (χ2v) is 6.36. The minimum atomic E-state index is -5.08. The lowest BCUT2D eigenvalue weighted by atomic mass is 10.1. The molecule has 1 amide bonds. The molecule has 0 bridgehead atoms. The van der Waals surface area contributed by atoms with E-state index in [2.05, 4.69) is 4.98 Å². The van der Waals surface area contributed by atoms with Crippen LogP contribution in [0.3, 0.4) is 0 Å². The number of nitrogens with zero attached hydrogens (tertiary/aromatic N) is 2. The van der Waals surface area contributed by atoms with E-state index < -0.39 is 12.1 Å². The van der Waals surface area contributed by atoms with Gasteiger partial charge in [0.15, 0.2) is 0 Å². The molecule has 0 unspecified atom stereocenters. The monoisotopic (exact) mass is 404 g/mol. The highest BCUT2D eigenvalue weighted by atomic mass is 19.4. The van der Waals surface area contributed by atoms with Crippen LogP contribution in [0.5, 0.6) is 0 Å². The first-order chi connectivity index (χ1) is 13.2. The number of aromatic nitrogens is 1. The summed E-state index contributed by atoms with van der Waals surface area (Å²) in [6, 6.07) is 5.83. The minimum absolute atomic E-state index is 0.0337. The van der Waals surface area contributed by atoms with Crippen LogP contribution in [-0.4, -0.2) is 71.1 Å². The van der Waals surface area contributed by atoms with Crippen molar-refractivity contribution in [1.82, 2.24) is 9.88 Å². The van der Waals surface area contributed by atoms with Crippen molar-refractivity contribution in [3.63, 3.8) is 0 Å². The van der Waals surface area contributed by atoms with Crippen molar-refractivity contribution in [2.24, 2.45) is 0 Å². The molecule has 0 aromatic carbocycles. The number of amides is 1. The predicted molar refractivity (Wildman–Crippen MR) is 91.5 cm³/mol. The van der Waals surface area contributed by atoms with Gasteiger partial charge in [-0.1, -0.05) is 6.07 Å². The highest BCUT2D eigenvalue weighted by Gasteiger charge is 2.44. The van der Waals surface area contributed by atoms with Crippen LogP contribution in [0.4, 0.5) is 13.2 Å². The van der Waals surface area contributed by atoms with Gasteiger partial charge in [-0.3, -0.25) is 9.78 Å². The van der Waals surface area contributed by atoms with Gasteiger partial charge in [-0.25, -0.2) is 4.79 Å². The van der Waals surface area contributed by atoms with Gasteiger partial charge >= 0.3 is 12.1 Å². The molecule has 1 aromatic rings. The molecule has 1 saturated heterocycles. The van der Waals surface area contributed by atoms with Crippen LogP contribution in [0, 0.1) is 0 Å². The summed E-state index contributed by atoms with van der Waals surface area (Å²) < 4.78 is 43.3. The summed E-state index contributed by atoms with van der Waals surface area (Å²) in [5, 5.41) is 7.12. The predicted octanol–water partition coefficient (Wildman–Crippen LogP) is 2.05. The molecule has 3 atom stereocenters. The normalized spacial score (nSPS) is 24.1. The Morgan fingerprint density at radius 2 is 2.07 bits per heavy atom. The largest absolute Gasteiger partial charge is 0.490 e. The Kier molecular flexibility index (Phi) is 7.76. The Morgan fingerprint density at radius 1 is 1.36 bits per heavy atom. The number of pyridine rings is 1. The first-order valence-electron chi connectivity index (χ1n) is 8.96. The van der Waals surface area contributed by atoms with Crippen molar-refractivity contribution < 1.29 is 37.3 Å². The molecule has 1 aliphatic carbocycles. The van der Waals surface area contributed by atoms with Gasteiger partial charge in [-0.05, 0) is 31.9 Å². The zero-order valence-electron chi connectivity index (χ0n) is 15.4. The third kappa shape index (κ3) is 5.90. The number of fused-ring (bicyclic) bond motifs is 1. The van der Waals surface area contributed by atoms with E-state index in [4.69, 9.17) is 19.4 Å². The number of halogens is 3. The van der Waals surface area contributed by atoms with Gasteiger partial charge in [0.25, 0.3) is 0 Å². The Balaban J connectivity index is 0.000000345. The molecule has 10 heteroatoms. The number of hydrogen-bond donors (Lipinski definition) is 1. The highest BCUT2D eigenvalue weighted by Crippen LogP contribution is 2.32. The number of carboxylic acid groups (broad SMARTS) is 1. The second kappa shape index (κ2) is 9.83. The summed E-state index contributed by atoms with van der Waals surface area (Å²) in [6.07, 6.45) is -0.897. The third-order valence-corrected chi connectivity index (χ3v) is 4.54. The van der Waals surface area contributed by atoms with E-state index >= 15 is 0 Å². The topological polar surface area (TPSA) is 89.0 Å². The van der Waals surface area contributed by atoms with E-state index in [1.807, 2.05) is 30.0 Å². The number of rotatable bonds is 4. The fraction of sp³-hybridized carbons (Fsp3) is 0.611. The molecule has 156 valence electrons. The van der Waals surface area contributed by atoms with Crippen molar-refractivity contribution in [2.45, 2.75) is 50.6 Å². The van der Waals surface area contributed by atoms with Gasteiger partial charge < -0.3 is 19.5 Å². The number of morpholine rings is 1. The lowest BCUT2D eigenvalue weighted by molar-refractivity contribution is -0.192. The van der Waals surface area contributed by atoms with E-state index in [-0.39, 0.29) is 24.2 Å². The molecule has 1 N–H and O–H groups in total. The number of hydrogen-bond acceptors (Lipinski definition) is 5. The molecule has 1 aromatic heterocycles. The molecule has 1 aliphatic heterocycles.